The number of hydrogen-bond acceptors (Lipinski definition) is 1. The summed E-state index contributed by atoms with van der Waals surface area (Å²) in [4.78, 5) is 9.93. The first-order valence-electron chi connectivity index (χ1n) is 3.19. The lowest BCUT2D eigenvalue weighted by Gasteiger charge is -1.99. The lowest BCUT2D eigenvalue weighted by molar-refractivity contribution is 0.101. The molecule has 0 saturated carbocycles. The number of carbonyl (C=O) groups is 1. The van der Waals surface area contributed by atoms with Gasteiger partial charge in [0.2, 0.25) is 0 Å². The third-order valence-electron chi connectivity index (χ3n) is 1.31. The van der Waals surface area contributed by atoms with E-state index in [1.807, 2.05) is 0 Å². The molecule has 0 radical (unpaired) electrons. The highest BCUT2D eigenvalue weighted by Crippen LogP contribution is 2.12. The summed E-state index contributed by atoms with van der Waals surface area (Å²) in [6.45, 7) is 0. The fourth-order valence-corrected chi connectivity index (χ4v) is 1.02. The van der Waals surface area contributed by atoms with E-state index in [2.05, 4.69) is 0 Å². The number of halogens is 3. The number of Topliss-reactive ketones (excluding diaryl/α,β-unsaturated/α-hetero) is 1. The molecule has 0 amide bonds. The molecule has 12 heavy (non-hydrogen) atoms. The van der Waals surface area contributed by atoms with Crippen molar-refractivity contribution in [1.82, 2.24) is 0 Å². The number of alkyl halides is 2. The number of benzene rings is 1. The minimum Gasteiger partial charge on any atom is -0.291 e. The highest BCUT2D eigenvalue weighted by atomic mass is 35.5. The van der Waals surface area contributed by atoms with Gasteiger partial charge in [0.15, 0.2) is 10.6 Å². The molecule has 0 heterocycles. The van der Waals surface area contributed by atoms with Crippen LogP contribution in [0.3, 0.4) is 0 Å². The second-order valence-corrected chi connectivity index (χ2v) is 3.27. The van der Waals surface area contributed by atoms with Crippen LogP contribution in [-0.2, 0) is 0 Å². The summed E-state index contributed by atoms with van der Waals surface area (Å²) in [5.41, 5.74) is 0.185. The van der Waals surface area contributed by atoms with Crippen molar-refractivity contribution in [2.45, 2.75) is 4.84 Å². The second kappa shape index (κ2) is 3.87. The Balaban J connectivity index is 2.96. The molecule has 64 valence electrons. The van der Waals surface area contributed by atoms with Crippen molar-refractivity contribution in [3.8, 4) is 0 Å². The third kappa shape index (κ3) is 2.19. The van der Waals surface area contributed by atoms with Crippen LogP contribution < -0.4 is 0 Å². The number of hydrogen-bond donors (Lipinski definition) is 0. The maximum Gasteiger partial charge on any atom is 0.195 e. The molecule has 1 rings (SSSR count). The average molecular weight is 207 g/mol. The standard InChI is InChI=1S/C8H5Cl2FO/c9-8(10)7(12)5-2-1-3-6(11)4-5/h1-4,8H. The Bertz CT molecular complexity index is 299. The Morgan fingerprint density at radius 3 is 2.58 bits per heavy atom. The van der Waals surface area contributed by atoms with E-state index in [0.29, 0.717) is 0 Å². The molecule has 4 heteroatoms. The lowest BCUT2D eigenvalue weighted by Crippen LogP contribution is -2.07. The molecule has 0 saturated heterocycles. The van der Waals surface area contributed by atoms with E-state index >= 15 is 0 Å². The fraction of sp³-hybridized carbons (Fsp3) is 0.125. The Labute approximate surface area is 79.1 Å². The van der Waals surface area contributed by atoms with Gasteiger partial charge in [-0.1, -0.05) is 35.3 Å². The predicted octanol–water partition coefficient (Wildman–Crippen LogP) is 2.81. The Morgan fingerprint density at radius 1 is 1.42 bits per heavy atom. The van der Waals surface area contributed by atoms with Gasteiger partial charge in [-0.15, -0.1) is 0 Å². The molecule has 0 unspecified atom stereocenters. The summed E-state index contributed by atoms with van der Waals surface area (Å²) in [6.07, 6.45) is 0. The summed E-state index contributed by atoms with van der Waals surface area (Å²) >= 11 is 10.6. The summed E-state index contributed by atoms with van der Waals surface area (Å²) in [6, 6.07) is 5.23. The van der Waals surface area contributed by atoms with E-state index in [1.165, 1.54) is 18.2 Å². The minimum absolute atomic E-state index is 0.185. The van der Waals surface area contributed by atoms with Crippen molar-refractivity contribution in [2.75, 3.05) is 0 Å². The zero-order chi connectivity index (χ0) is 9.14. The van der Waals surface area contributed by atoms with Gasteiger partial charge in [0.25, 0.3) is 0 Å². The zero-order valence-electron chi connectivity index (χ0n) is 5.93. The molecular formula is C8H5Cl2FO. The Morgan fingerprint density at radius 2 is 2.08 bits per heavy atom. The molecule has 0 aliphatic carbocycles. The maximum absolute atomic E-state index is 12.6. The van der Waals surface area contributed by atoms with Gasteiger partial charge in [0, 0.05) is 5.56 Å². The molecular weight excluding hydrogens is 202 g/mol. The molecule has 0 aromatic heterocycles. The van der Waals surface area contributed by atoms with Crippen molar-refractivity contribution in [1.29, 1.82) is 0 Å². The quantitative estimate of drug-likeness (QED) is 0.538. The highest BCUT2D eigenvalue weighted by molar-refractivity contribution is 6.55. The molecule has 0 fully saturated rings. The minimum atomic E-state index is -1.13. The van der Waals surface area contributed by atoms with Crippen LogP contribution in [0.15, 0.2) is 24.3 Å². The number of carbonyl (C=O) groups excluding carboxylic acids is 1. The van der Waals surface area contributed by atoms with Gasteiger partial charge in [-0.2, -0.15) is 0 Å². The van der Waals surface area contributed by atoms with Crippen LogP contribution in [0.5, 0.6) is 0 Å². The van der Waals surface area contributed by atoms with Crippen molar-refractivity contribution >= 4 is 29.0 Å². The molecule has 1 nitrogen and oxygen atoms in total. The maximum atomic E-state index is 12.6. The predicted molar refractivity (Wildman–Crippen MR) is 46.2 cm³/mol. The van der Waals surface area contributed by atoms with Crippen molar-refractivity contribution in [3.63, 3.8) is 0 Å². The third-order valence-corrected chi connectivity index (χ3v) is 1.70. The smallest absolute Gasteiger partial charge is 0.195 e. The monoisotopic (exact) mass is 206 g/mol. The summed E-state index contributed by atoms with van der Waals surface area (Å²) in [5, 5.41) is 0. The van der Waals surface area contributed by atoms with Gasteiger partial charge < -0.3 is 0 Å². The van der Waals surface area contributed by atoms with E-state index in [9.17, 15) is 9.18 Å². The molecule has 1 aromatic carbocycles. The fourth-order valence-electron chi connectivity index (χ4n) is 0.768. The van der Waals surface area contributed by atoms with Gasteiger partial charge in [-0.25, -0.2) is 4.39 Å². The number of ketones is 1. The molecule has 0 aliphatic rings. The normalized spacial score (nSPS) is 10.3. The van der Waals surface area contributed by atoms with Crippen LogP contribution in [0.25, 0.3) is 0 Å². The van der Waals surface area contributed by atoms with Gasteiger partial charge in [0.05, 0.1) is 0 Å². The van der Waals surface area contributed by atoms with Gasteiger partial charge in [-0.3, -0.25) is 4.79 Å². The lowest BCUT2D eigenvalue weighted by atomic mass is 10.1. The first kappa shape index (κ1) is 9.49. The summed E-state index contributed by atoms with van der Waals surface area (Å²) in [7, 11) is 0. The van der Waals surface area contributed by atoms with Crippen LogP contribution in [0, 0.1) is 5.82 Å². The highest BCUT2D eigenvalue weighted by Gasteiger charge is 2.13. The summed E-state index contributed by atoms with van der Waals surface area (Å²) in [5.74, 6) is -0.965. The largest absolute Gasteiger partial charge is 0.291 e. The van der Waals surface area contributed by atoms with E-state index in [1.54, 1.807) is 0 Å². The van der Waals surface area contributed by atoms with Gasteiger partial charge >= 0.3 is 0 Å². The van der Waals surface area contributed by atoms with E-state index < -0.39 is 16.4 Å². The number of rotatable bonds is 2. The van der Waals surface area contributed by atoms with E-state index in [-0.39, 0.29) is 5.56 Å². The van der Waals surface area contributed by atoms with Crippen molar-refractivity contribution in [2.24, 2.45) is 0 Å². The SMILES string of the molecule is O=C(c1cccc(F)c1)C(Cl)Cl. The van der Waals surface area contributed by atoms with Crippen LogP contribution in [0.2, 0.25) is 0 Å². The van der Waals surface area contributed by atoms with Crippen LogP contribution >= 0.6 is 23.2 Å². The molecule has 0 atom stereocenters. The summed E-state index contributed by atoms with van der Waals surface area (Å²) < 4.78 is 12.6. The van der Waals surface area contributed by atoms with E-state index in [0.717, 1.165) is 6.07 Å². The molecule has 0 bridgehead atoms. The molecule has 0 spiro atoms. The van der Waals surface area contributed by atoms with Crippen LogP contribution in [-0.4, -0.2) is 10.6 Å². The topological polar surface area (TPSA) is 17.1 Å². The van der Waals surface area contributed by atoms with Crippen LogP contribution in [0.1, 0.15) is 10.4 Å². The molecule has 0 aliphatic heterocycles. The Hall–Kier alpha value is -0.600. The second-order valence-electron chi connectivity index (χ2n) is 2.18. The zero-order valence-corrected chi connectivity index (χ0v) is 7.44. The Kier molecular flexibility index (Phi) is 3.06. The van der Waals surface area contributed by atoms with Crippen molar-refractivity contribution in [3.05, 3.63) is 35.6 Å². The molecule has 1 aromatic rings. The average Bonchev–Trinajstić information content (AvgIpc) is 2.03. The van der Waals surface area contributed by atoms with Crippen molar-refractivity contribution < 1.29 is 9.18 Å². The van der Waals surface area contributed by atoms with Gasteiger partial charge in [-0.05, 0) is 12.1 Å². The van der Waals surface area contributed by atoms with Gasteiger partial charge in [0.1, 0.15) is 5.82 Å². The first-order valence-corrected chi connectivity index (χ1v) is 4.06. The van der Waals surface area contributed by atoms with E-state index in [4.69, 9.17) is 23.2 Å². The van der Waals surface area contributed by atoms with Crippen LogP contribution in [0.4, 0.5) is 4.39 Å². The first-order chi connectivity index (χ1) is 5.61. The molecule has 0 N–H and O–H groups in total.